The fourth-order valence-corrected chi connectivity index (χ4v) is 3.44. The van der Waals surface area contributed by atoms with Gasteiger partial charge in [-0.15, -0.1) is 0 Å². The van der Waals surface area contributed by atoms with Gasteiger partial charge in [0.15, 0.2) is 0 Å². The standard InChI is InChI=1S/C16H20N2O3/c1-16(15(20)21)8-4-7-13(16)18-14(19)11-9-17-12-6-3-2-5-10(11)12/h2-3,5-6,11,13,17H,4,7-9H2,1H3,(H,18,19)(H,20,21). The van der Waals surface area contributed by atoms with Crippen molar-refractivity contribution in [2.45, 2.75) is 38.1 Å². The molecular weight excluding hydrogens is 268 g/mol. The van der Waals surface area contributed by atoms with Crippen molar-refractivity contribution < 1.29 is 14.7 Å². The molecule has 1 fully saturated rings. The first-order valence-corrected chi connectivity index (χ1v) is 7.39. The van der Waals surface area contributed by atoms with Crippen LogP contribution in [-0.4, -0.2) is 29.6 Å². The van der Waals surface area contributed by atoms with Crippen LogP contribution in [0.4, 0.5) is 5.69 Å². The van der Waals surface area contributed by atoms with E-state index < -0.39 is 11.4 Å². The highest BCUT2D eigenvalue weighted by molar-refractivity contribution is 5.89. The predicted molar refractivity (Wildman–Crippen MR) is 79.2 cm³/mol. The summed E-state index contributed by atoms with van der Waals surface area (Å²) in [5.41, 5.74) is 1.14. The molecule has 1 aromatic carbocycles. The smallest absolute Gasteiger partial charge is 0.311 e. The average molecular weight is 288 g/mol. The number of carboxylic acids is 1. The van der Waals surface area contributed by atoms with Crippen LogP contribution < -0.4 is 10.6 Å². The summed E-state index contributed by atoms with van der Waals surface area (Å²) in [5, 5.41) is 15.6. The first-order chi connectivity index (χ1) is 10.0. The average Bonchev–Trinajstić information content (AvgIpc) is 3.04. The lowest BCUT2D eigenvalue weighted by molar-refractivity contribution is -0.149. The van der Waals surface area contributed by atoms with E-state index in [1.54, 1.807) is 6.92 Å². The Kier molecular flexibility index (Phi) is 3.35. The molecule has 0 aromatic heterocycles. The fourth-order valence-electron chi connectivity index (χ4n) is 3.44. The van der Waals surface area contributed by atoms with Crippen molar-refractivity contribution in [2.75, 3.05) is 11.9 Å². The lowest BCUT2D eigenvalue weighted by Crippen LogP contribution is -2.48. The third kappa shape index (κ3) is 2.26. The summed E-state index contributed by atoms with van der Waals surface area (Å²) >= 11 is 0. The molecule has 5 nitrogen and oxygen atoms in total. The molecule has 3 rings (SSSR count). The van der Waals surface area contributed by atoms with E-state index in [2.05, 4.69) is 10.6 Å². The van der Waals surface area contributed by atoms with Gasteiger partial charge in [-0.1, -0.05) is 24.6 Å². The number of hydrogen-bond acceptors (Lipinski definition) is 3. The van der Waals surface area contributed by atoms with Gasteiger partial charge in [0.05, 0.1) is 11.3 Å². The van der Waals surface area contributed by atoms with Crippen molar-refractivity contribution in [1.29, 1.82) is 0 Å². The van der Waals surface area contributed by atoms with Crippen molar-refractivity contribution in [1.82, 2.24) is 5.32 Å². The Labute approximate surface area is 123 Å². The Morgan fingerprint density at radius 3 is 2.90 bits per heavy atom. The lowest BCUT2D eigenvalue weighted by Gasteiger charge is -2.28. The van der Waals surface area contributed by atoms with Crippen LogP contribution in [-0.2, 0) is 9.59 Å². The number of nitrogens with one attached hydrogen (secondary N) is 2. The molecule has 3 atom stereocenters. The molecule has 1 amide bonds. The molecule has 1 aromatic rings. The molecule has 0 radical (unpaired) electrons. The summed E-state index contributed by atoms with van der Waals surface area (Å²) in [6, 6.07) is 7.48. The van der Waals surface area contributed by atoms with Gasteiger partial charge in [-0.25, -0.2) is 0 Å². The van der Waals surface area contributed by atoms with E-state index in [0.29, 0.717) is 13.0 Å². The molecule has 1 heterocycles. The minimum atomic E-state index is -0.846. The zero-order chi connectivity index (χ0) is 15.0. The number of carbonyl (C=O) groups is 2. The monoisotopic (exact) mass is 288 g/mol. The van der Waals surface area contributed by atoms with E-state index in [9.17, 15) is 14.7 Å². The van der Waals surface area contributed by atoms with Crippen LogP contribution in [0.5, 0.6) is 0 Å². The molecule has 5 heteroatoms. The first kappa shape index (κ1) is 13.9. The number of carboxylic acid groups (broad SMARTS) is 1. The van der Waals surface area contributed by atoms with Gasteiger partial charge >= 0.3 is 5.97 Å². The SMILES string of the molecule is CC1(C(=O)O)CCCC1NC(=O)C1CNc2ccccc21. The second kappa shape index (κ2) is 5.06. The zero-order valence-corrected chi connectivity index (χ0v) is 12.1. The molecule has 0 bridgehead atoms. The number of hydrogen-bond donors (Lipinski definition) is 3. The molecular formula is C16H20N2O3. The summed E-state index contributed by atoms with van der Waals surface area (Å²) in [4.78, 5) is 24.0. The van der Waals surface area contributed by atoms with Gasteiger partial charge in [0.25, 0.3) is 0 Å². The van der Waals surface area contributed by atoms with E-state index in [1.165, 1.54) is 0 Å². The zero-order valence-electron chi connectivity index (χ0n) is 12.1. The number of para-hydroxylation sites is 1. The van der Waals surface area contributed by atoms with Gasteiger partial charge in [-0.05, 0) is 31.4 Å². The van der Waals surface area contributed by atoms with Gasteiger partial charge in [0, 0.05) is 18.3 Å². The number of rotatable bonds is 3. The maximum absolute atomic E-state index is 12.5. The number of amides is 1. The van der Waals surface area contributed by atoms with Crippen molar-refractivity contribution in [2.24, 2.45) is 5.41 Å². The van der Waals surface area contributed by atoms with Gasteiger partial charge < -0.3 is 15.7 Å². The topological polar surface area (TPSA) is 78.4 Å². The number of carbonyl (C=O) groups excluding carboxylic acids is 1. The number of anilines is 1. The summed E-state index contributed by atoms with van der Waals surface area (Å²) in [6.07, 6.45) is 2.19. The summed E-state index contributed by atoms with van der Waals surface area (Å²) in [5.74, 6) is -1.14. The van der Waals surface area contributed by atoms with E-state index in [0.717, 1.165) is 24.1 Å². The van der Waals surface area contributed by atoms with Crippen LogP contribution in [0.2, 0.25) is 0 Å². The quantitative estimate of drug-likeness (QED) is 0.794. The van der Waals surface area contributed by atoms with E-state index >= 15 is 0 Å². The first-order valence-electron chi connectivity index (χ1n) is 7.39. The van der Waals surface area contributed by atoms with Gasteiger partial charge in [-0.3, -0.25) is 9.59 Å². The van der Waals surface area contributed by atoms with Crippen molar-refractivity contribution in [3.05, 3.63) is 29.8 Å². The van der Waals surface area contributed by atoms with Crippen LogP contribution in [0.15, 0.2) is 24.3 Å². The van der Waals surface area contributed by atoms with E-state index in [4.69, 9.17) is 0 Å². The third-order valence-electron chi connectivity index (χ3n) is 4.91. The summed E-state index contributed by atoms with van der Waals surface area (Å²) < 4.78 is 0. The molecule has 2 aliphatic rings. The lowest BCUT2D eigenvalue weighted by atomic mass is 9.84. The number of benzene rings is 1. The minimum absolute atomic E-state index is 0.0770. The maximum atomic E-state index is 12.5. The number of fused-ring (bicyclic) bond motifs is 1. The Bertz CT molecular complexity index is 587. The highest BCUT2D eigenvalue weighted by Crippen LogP contribution is 2.39. The van der Waals surface area contributed by atoms with Crippen molar-refractivity contribution >= 4 is 17.6 Å². The Morgan fingerprint density at radius 1 is 1.38 bits per heavy atom. The highest BCUT2D eigenvalue weighted by atomic mass is 16.4. The molecule has 3 unspecified atom stereocenters. The maximum Gasteiger partial charge on any atom is 0.311 e. The Balaban J connectivity index is 1.75. The molecule has 112 valence electrons. The van der Waals surface area contributed by atoms with Crippen molar-refractivity contribution in [3.63, 3.8) is 0 Å². The van der Waals surface area contributed by atoms with Gasteiger partial charge in [0.1, 0.15) is 0 Å². The normalized spacial score (nSPS) is 30.5. The summed E-state index contributed by atoms with van der Waals surface area (Å²) in [7, 11) is 0. The largest absolute Gasteiger partial charge is 0.481 e. The van der Waals surface area contributed by atoms with Crippen LogP contribution in [0.1, 0.15) is 37.7 Å². The molecule has 1 aliphatic carbocycles. The molecule has 1 aliphatic heterocycles. The van der Waals surface area contributed by atoms with Crippen molar-refractivity contribution in [3.8, 4) is 0 Å². The third-order valence-corrected chi connectivity index (χ3v) is 4.91. The predicted octanol–water partition coefficient (Wildman–Crippen LogP) is 1.96. The molecule has 0 saturated heterocycles. The van der Waals surface area contributed by atoms with Gasteiger partial charge in [0.2, 0.25) is 5.91 Å². The fraction of sp³-hybridized carbons (Fsp3) is 0.500. The molecule has 21 heavy (non-hydrogen) atoms. The molecule has 0 spiro atoms. The van der Waals surface area contributed by atoms with E-state index in [-0.39, 0.29) is 17.9 Å². The van der Waals surface area contributed by atoms with Crippen LogP contribution >= 0.6 is 0 Å². The van der Waals surface area contributed by atoms with Crippen LogP contribution in [0, 0.1) is 5.41 Å². The number of aliphatic carboxylic acids is 1. The van der Waals surface area contributed by atoms with E-state index in [1.807, 2.05) is 24.3 Å². The Hall–Kier alpha value is -2.04. The second-order valence-electron chi connectivity index (χ2n) is 6.20. The molecule has 3 N–H and O–H groups in total. The Morgan fingerprint density at radius 2 is 2.14 bits per heavy atom. The second-order valence-corrected chi connectivity index (χ2v) is 6.20. The minimum Gasteiger partial charge on any atom is -0.481 e. The van der Waals surface area contributed by atoms with Crippen LogP contribution in [0.25, 0.3) is 0 Å². The van der Waals surface area contributed by atoms with Gasteiger partial charge in [-0.2, -0.15) is 0 Å². The molecule has 1 saturated carbocycles. The van der Waals surface area contributed by atoms with Crippen LogP contribution in [0.3, 0.4) is 0 Å². The highest BCUT2D eigenvalue weighted by Gasteiger charge is 2.46. The summed E-state index contributed by atoms with van der Waals surface area (Å²) in [6.45, 7) is 2.30.